The van der Waals surface area contributed by atoms with Crippen molar-refractivity contribution < 1.29 is 30.5 Å². The number of hydrogen-bond donors (Lipinski definition) is 0. The molecule has 2 aliphatic rings. The molecule has 0 aliphatic heterocycles. The Hall–Kier alpha value is -0.830. The first kappa shape index (κ1) is 27.4. The van der Waals surface area contributed by atoms with Gasteiger partial charge in [-0.25, -0.2) is 0 Å². The van der Waals surface area contributed by atoms with Crippen molar-refractivity contribution in [3.63, 3.8) is 0 Å². The van der Waals surface area contributed by atoms with Crippen molar-refractivity contribution in [2.75, 3.05) is 18.6 Å². The van der Waals surface area contributed by atoms with Crippen molar-refractivity contribution >= 4 is 21.9 Å². The van der Waals surface area contributed by atoms with Gasteiger partial charge in [0.25, 0.3) is 0 Å². The highest BCUT2D eigenvalue weighted by atomic mass is 32.2. The van der Waals surface area contributed by atoms with Crippen molar-refractivity contribution in [3.05, 3.63) is 23.7 Å². The SMILES string of the molecule is COC(/C=C(\C)OS(=O)(=O)C(F)(F)F)=C/CSC[C@H]1[C@@H](C)CCC2C(C)(C)CCC[C@@]21C. The average molecular weight is 499 g/mol. The Bertz CT molecular complexity index is 818. The molecule has 0 amide bonds. The van der Waals surface area contributed by atoms with Crippen LogP contribution < -0.4 is 0 Å². The number of halogens is 3. The summed E-state index contributed by atoms with van der Waals surface area (Å²) in [5.74, 6) is 3.50. The second-order valence-corrected chi connectivity index (χ2v) is 12.8. The van der Waals surface area contributed by atoms with Crippen molar-refractivity contribution in [2.24, 2.45) is 28.6 Å². The molecule has 0 heterocycles. The van der Waals surface area contributed by atoms with Gasteiger partial charge in [-0.3, -0.25) is 0 Å². The predicted octanol–water partition coefficient (Wildman–Crippen LogP) is 6.90. The third-order valence-electron chi connectivity index (χ3n) is 7.53. The topological polar surface area (TPSA) is 52.6 Å². The molecule has 2 saturated carbocycles. The molecule has 4 atom stereocenters. The standard InChI is InChI=1S/C23H37F3O4S2/c1-16-8-9-20-21(3,4)11-7-12-22(20,5)19(16)15-31-13-10-18(29-6)14-17(2)30-32(27,28)23(24,25)26/h10,14,16,19-20H,7-9,11-13,15H2,1-6H3/b17-14+,18-10+/t16-,19-,20?,22+/m0/s1. The van der Waals surface area contributed by atoms with E-state index < -0.39 is 21.4 Å². The first-order valence-corrected chi connectivity index (χ1v) is 13.7. The van der Waals surface area contributed by atoms with E-state index in [2.05, 4.69) is 31.9 Å². The molecule has 186 valence electrons. The van der Waals surface area contributed by atoms with Crippen LogP contribution in [-0.2, 0) is 19.0 Å². The summed E-state index contributed by atoms with van der Waals surface area (Å²) < 4.78 is 69.0. The van der Waals surface area contributed by atoms with Gasteiger partial charge in [0, 0.05) is 11.8 Å². The number of thioether (sulfide) groups is 1. The van der Waals surface area contributed by atoms with Gasteiger partial charge in [0.15, 0.2) is 0 Å². The van der Waals surface area contributed by atoms with Crippen molar-refractivity contribution in [1.29, 1.82) is 0 Å². The summed E-state index contributed by atoms with van der Waals surface area (Å²) in [7, 11) is -4.29. The number of rotatable bonds is 8. The van der Waals surface area contributed by atoms with Crippen LogP contribution in [-0.4, -0.2) is 32.5 Å². The lowest BCUT2D eigenvalue weighted by Crippen LogP contribution is -2.51. The summed E-state index contributed by atoms with van der Waals surface area (Å²) in [5.41, 5.74) is -4.76. The Kier molecular flexibility index (Phi) is 8.74. The normalized spacial score (nSPS) is 31.7. The first-order chi connectivity index (χ1) is 14.6. The number of hydrogen-bond acceptors (Lipinski definition) is 5. The van der Waals surface area contributed by atoms with E-state index in [1.165, 1.54) is 39.2 Å². The summed E-state index contributed by atoms with van der Waals surface area (Å²) in [6.07, 6.45) is 9.28. The average Bonchev–Trinajstić information content (AvgIpc) is 2.63. The van der Waals surface area contributed by atoms with Gasteiger partial charge in [-0.2, -0.15) is 33.4 Å². The van der Waals surface area contributed by atoms with Gasteiger partial charge in [-0.15, -0.1) is 0 Å². The summed E-state index contributed by atoms with van der Waals surface area (Å²) in [4.78, 5) is 0. The van der Waals surface area contributed by atoms with Gasteiger partial charge in [-0.05, 0) is 66.6 Å². The van der Waals surface area contributed by atoms with E-state index in [1.54, 1.807) is 17.8 Å². The molecule has 9 heteroatoms. The van der Waals surface area contributed by atoms with Crippen LogP contribution >= 0.6 is 11.8 Å². The third kappa shape index (κ3) is 6.19. The van der Waals surface area contributed by atoms with Gasteiger partial charge in [-0.1, -0.05) is 40.5 Å². The summed E-state index contributed by atoms with van der Waals surface area (Å²) >= 11 is 1.78. The molecule has 0 aromatic rings. The van der Waals surface area contributed by atoms with E-state index in [1.807, 2.05) is 0 Å². The number of fused-ring (bicyclic) bond motifs is 1. The van der Waals surface area contributed by atoms with E-state index in [-0.39, 0.29) is 5.76 Å². The predicted molar refractivity (Wildman–Crippen MR) is 123 cm³/mol. The van der Waals surface area contributed by atoms with E-state index in [0.717, 1.165) is 24.7 Å². The fourth-order valence-electron chi connectivity index (χ4n) is 5.95. The Morgan fingerprint density at radius 3 is 2.44 bits per heavy atom. The number of allylic oxidation sites excluding steroid dienone is 2. The smallest absolute Gasteiger partial charge is 0.497 e. The molecule has 2 rings (SSSR count). The minimum Gasteiger partial charge on any atom is -0.497 e. The fraction of sp³-hybridized carbons (Fsp3) is 0.826. The third-order valence-corrected chi connectivity index (χ3v) is 9.57. The summed E-state index contributed by atoms with van der Waals surface area (Å²) in [6, 6.07) is 0. The molecule has 0 radical (unpaired) electrons. The Morgan fingerprint density at radius 1 is 1.19 bits per heavy atom. The highest BCUT2D eigenvalue weighted by Crippen LogP contribution is 2.61. The van der Waals surface area contributed by atoms with Crippen LogP contribution in [0, 0.1) is 28.6 Å². The molecule has 32 heavy (non-hydrogen) atoms. The quantitative estimate of drug-likeness (QED) is 0.120. The van der Waals surface area contributed by atoms with Gasteiger partial charge in [0.2, 0.25) is 0 Å². The van der Waals surface area contributed by atoms with Crippen LogP contribution in [0.2, 0.25) is 0 Å². The van der Waals surface area contributed by atoms with Crippen LogP contribution in [0.4, 0.5) is 13.2 Å². The van der Waals surface area contributed by atoms with Crippen LogP contribution in [0.25, 0.3) is 0 Å². The van der Waals surface area contributed by atoms with E-state index in [0.29, 0.717) is 28.4 Å². The zero-order chi connectivity index (χ0) is 24.4. The monoisotopic (exact) mass is 498 g/mol. The van der Waals surface area contributed by atoms with Crippen molar-refractivity contribution in [1.82, 2.24) is 0 Å². The highest BCUT2D eigenvalue weighted by Gasteiger charge is 2.53. The molecule has 2 fully saturated rings. The molecular weight excluding hydrogens is 461 g/mol. The lowest BCUT2D eigenvalue weighted by molar-refractivity contribution is -0.0850. The zero-order valence-corrected chi connectivity index (χ0v) is 21.6. The van der Waals surface area contributed by atoms with Gasteiger partial charge >= 0.3 is 15.6 Å². The first-order valence-electron chi connectivity index (χ1n) is 11.1. The molecule has 1 unspecified atom stereocenters. The molecule has 0 aromatic carbocycles. The maximum atomic E-state index is 12.5. The summed E-state index contributed by atoms with van der Waals surface area (Å²) in [5, 5.41) is 0. The molecule has 0 saturated heterocycles. The van der Waals surface area contributed by atoms with E-state index in [4.69, 9.17) is 4.74 Å². The van der Waals surface area contributed by atoms with Crippen LogP contribution in [0.1, 0.15) is 66.7 Å². The van der Waals surface area contributed by atoms with Gasteiger partial charge in [0.05, 0.1) is 7.11 Å². The lowest BCUT2D eigenvalue weighted by Gasteiger charge is -2.59. The van der Waals surface area contributed by atoms with Gasteiger partial charge < -0.3 is 8.92 Å². The van der Waals surface area contributed by atoms with Crippen LogP contribution in [0.15, 0.2) is 23.7 Å². The molecule has 0 aromatic heterocycles. The maximum absolute atomic E-state index is 12.5. The minimum absolute atomic E-state index is 0.270. The minimum atomic E-state index is -5.68. The zero-order valence-electron chi connectivity index (χ0n) is 19.9. The molecule has 4 nitrogen and oxygen atoms in total. The Balaban J connectivity index is 2.01. The number of methoxy groups -OCH3 is 1. The van der Waals surface area contributed by atoms with Crippen molar-refractivity contribution in [3.8, 4) is 0 Å². The molecule has 2 aliphatic carbocycles. The number of alkyl halides is 3. The second-order valence-electron chi connectivity index (χ2n) is 10.1. The second kappa shape index (κ2) is 10.2. The Morgan fingerprint density at radius 2 is 1.84 bits per heavy atom. The van der Waals surface area contributed by atoms with E-state index >= 15 is 0 Å². The maximum Gasteiger partial charge on any atom is 0.534 e. The number of ether oxygens (including phenoxy) is 1. The molecular formula is C23H37F3O4S2. The van der Waals surface area contributed by atoms with E-state index in [9.17, 15) is 21.6 Å². The summed E-state index contributed by atoms with van der Waals surface area (Å²) in [6.45, 7) is 10.8. The molecule has 0 bridgehead atoms. The van der Waals surface area contributed by atoms with Gasteiger partial charge in [0.1, 0.15) is 11.5 Å². The van der Waals surface area contributed by atoms with Crippen LogP contribution in [0.3, 0.4) is 0 Å². The van der Waals surface area contributed by atoms with Crippen LogP contribution in [0.5, 0.6) is 0 Å². The largest absolute Gasteiger partial charge is 0.534 e. The lowest BCUT2D eigenvalue weighted by atomic mass is 9.47. The fourth-order valence-corrected chi connectivity index (χ4v) is 7.82. The molecule has 0 N–H and O–H groups in total. The van der Waals surface area contributed by atoms with Crippen molar-refractivity contribution in [2.45, 2.75) is 72.2 Å². The molecule has 0 spiro atoms. The highest BCUT2D eigenvalue weighted by molar-refractivity contribution is 7.99. The Labute approximate surface area is 195 Å².